The van der Waals surface area contributed by atoms with Gasteiger partial charge in [0.25, 0.3) is 5.91 Å². The summed E-state index contributed by atoms with van der Waals surface area (Å²) in [5.74, 6) is -0.566. The van der Waals surface area contributed by atoms with Gasteiger partial charge >= 0.3 is 0 Å². The number of nitrogens with one attached hydrogen (secondary N) is 1. The van der Waals surface area contributed by atoms with Crippen molar-refractivity contribution in [1.82, 2.24) is 9.88 Å². The minimum Gasteiger partial charge on any atom is -0.472 e. The van der Waals surface area contributed by atoms with Crippen LogP contribution in [0, 0.1) is 11.7 Å². The first-order valence-electron chi connectivity index (χ1n) is 9.40. The van der Waals surface area contributed by atoms with E-state index in [4.69, 9.17) is 4.42 Å². The zero-order valence-electron chi connectivity index (χ0n) is 15.6. The lowest BCUT2D eigenvalue weighted by Gasteiger charge is -2.30. The fourth-order valence-electron chi connectivity index (χ4n) is 3.42. The van der Waals surface area contributed by atoms with Gasteiger partial charge in [-0.05, 0) is 36.6 Å². The summed E-state index contributed by atoms with van der Waals surface area (Å²) in [6.07, 6.45) is 6.40. The molecule has 0 unspecified atom stereocenters. The number of hydrogen-bond donors (Lipinski definition) is 1. The minimum absolute atomic E-state index is 0.0699. The summed E-state index contributed by atoms with van der Waals surface area (Å²) in [6.45, 7) is 1.07. The van der Waals surface area contributed by atoms with Gasteiger partial charge in [-0.15, -0.1) is 11.3 Å². The van der Waals surface area contributed by atoms with Gasteiger partial charge in [-0.1, -0.05) is 12.1 Å². The number of piperidine rings is 1. The first-order valence-corrected chi connectivity index (χ1v) is 10.2. The molecule has 0 atom stereocenters. The van der Waals surface area contributed by atoms with Crippen LogP contribution in [-0.2, 0) is 11.2 Å². The Morgan fingerprint density at radius 2 is 2.10 bits per heavy atom. The molecule has 2 aromatic heterocycles. The Morgan fingerprint density at radius 3 is 2.83 bits per heavy atom. The van der Waals surface area contributed by atoms with Gasteiger partial charge in [0, 0.05) is 36.5 Å². The van der Waals surface area contributed by atoms with E-state index in [0.29, 0.717) is 43.0 Å². The number of furan rings is 1. The van der Waals surface area contributed by atoms with Crippen molar-refractivity contribution in [1.29, 1.82) is 0 Å². The van der Waals surface area contributed by atoms with Crippen LogP contribution < -0.4 is 5.32 Å². The molecule has 150 valence electrons. The maximum atomic E-state index is 13.3. The van der Waals surface area contributed by atoms with Crippen LogP contribution in [0.2, 0.25) is 0 Å². The Morgan fingerprint density at radius 1 is 1.28 bits per heavy atom. The van der Waals surface area contributed by atoms with Crippen LogP contribution in [0.15, 0.2) is 53.5 Å². The molecule has 3 aromatic rings. The summed E-state index contributed by atoms with van der Waals surface area (Å²) in [4.78, 5) is 31.9. The molecule has 1 aliphatic rings. The molecule has 1 aliphatic heterocycles. The number of aromatic nitrogens is 1. The van der Waals surface area contributed by atoms with Crippen molar-refractivity contribution in [2.75, 3.05) is 18.4 Å². The normalized spacial score (nSPS) is 14.7. The number of rotatable bonds is 5. The summed E-state index contributed by atoms with van der Waals surface area (Å²) >= 11 is 1.39. The third kappa shape index (κ3) is 4.71. The van der Waals surface area contributed by atoms with Crippen molar-refractivity contribution in [3.8, 4) is 0 Å². The monoisotopic (exact) mass is 413 g/mol. The fraction of sp³-hybridized carbons (Fsp3) is 0.286. The number of anilines is 1. The molecule has 3 heterocycles. The second kappa shape index (κ2) is 8.57. The largest absolute Gasteiger partial charge is 0.472 e. The molecule has 0 bridgehead atoms. The Kier molecular flexibility index (Phi) is 5.71. The first kappa shape index (κ1) is 19.3. The number of likely N-dealkylation sites (tertiary alicyclic amines) is 1. The number of nitrogens with zero attached hydrogens (tertiary/aromatic N) is 2. The summed E-state index contributed by atoms with van der Waals surface area (Å²) in [7, 11) is 0. The smallest absolute Gasteiger partial charge is 0.257 e. The number of carbonyl (C=O) groups is 2. The van der Waals surface area contributed by atoms with Crippen LogP contribution >= 0.6 is 11.3 Å². The van der Waals surface area contributed by atoms with Crippen LogP contribution in [-0.4, -0.2) is 34.8 Å². The number of benzene rings is 1. The maximum Gasteiger partial charge on any atom is 0.257 e. The summed E-state index contributed by atoms with van der Waals surface area (Å²) in [6, 6.07) is 8.09. The zero-order valence-corrected chi connectivity index (χ0v) is 16.5. The topological polar surface area (TPSA) is 75.4 Å². The second-order valence-electron chi connectivity index (χ2n) is 7.01. The second-order valence-corrected chi connectivity index (χ2v) is 8.12. The molecule has 8 heteroatoms. The third-order valence-electron chi connectivity index (χ3n) is 4.97. The van der Waals surface area contributed by atoms with Gasteiger partial charge in [-0.3, -0.25) is 9.59 Å². The van der Waals surface area contributed by atoms with Gasteiger partial charge in [0.15, 0.2) is 5.13 Å². The summed E-state index contributed by atoms with van der Waals surface area (Å²) < 4.78 is 18.3. The van der Waals surface area contributed by atoms with Crippen molar-refractivity contribution in [2.45, 2.75) is 19.3 Å². The third-order valence-corrected chi connectivity index (χ3v) is 5.88. The number of thiazole rings is 1. The van der Waals surface area contributed by atoms with E-state index >= 15 is 0 Å². The molecule has 0 aliphatic carbocycles. The predicted molar refractivity (Wildman–Crippen MR) is 107 cm³/mol. The minimum atomic E-state index is -0.266. The van der Waals surface area contributed by atoms with Crippen molar-refractivity contribution in [3.05, 3.63) is 70.9 Å². The summed E-state index contributed by atoms with van der Waals surface area (Å²) in [5, 5.41) is 3.42. The molecule has 0 spiro atoms. The molecule has 1 N–H and O–H groups in total. The molecule has 0 radical (unpaired) electrons. The molecular weight excluding hydrogens is 393 g/mol. The number of hydrogen-bond acceptors (Lipinski definition) is 5. The molecule has 1 aromatic carbocycles. The standard InChI is InChI=1S/C21H20FN3O3S/c22-17-3-1-2-14(10-17)11-18-12-23-21(29-18)24-19(26)15-4-7-25(8-5-15)20(27)16-6-9-28-13-16/h1-3,6,9-10,12-13,15H,4-5,7-8,11H2,(H,23,24,26). The van der Waals surface area contributed by atoms with E-state index in [9.17, 15) is 14.0 Å². The van der Waals surface area contributed by atoms with Gasteiger partial charge in [0.05, 0.1) is 11.8 Å². The highest BCUT2D eigenvalue weighted by atomic mass is 32.1. The number of halogens is 1. The van der Waals surface area contributed by atoms with Crippen molar-refractivity contribution in [3.63, 3.8) is 0 Å². The van der Waals surface area contributed by atoms with E-state index in [2.05, 4.69) is 10.3 Å². The van der Waals surface area contributed by atoms with Crippen LogP contribution in [0.3, 0.4) is 0 Å². The average molecular weight is 413 g/mol. The van der Waals surface area contributed by atoms with Gasteiger partial charge in [-0.25, -0.2) is 9.37 Å². The molecular formula is C21H20FN3O3S. The first-order chi connectivity index (χ1) is 14.1. The Hall–Kier alpha value is -3.00. The van der Waals surface area contributed by atoms with Gasteiger partial charge in [-0.2, -0.15) is 0 Å². The maximum absolute atomic E-state index is 13.3. The Balaban J connectivity index is 1.29. The lowest BCUT2D eigenvalue weighted by Crippen LogP contribution is -2.41. The number of amides is 2. The molecule has 2 amide bonds. The zero-order chi connectivity index (χ0) is 20.2. The molecule has 1 saturated heterocycles. The number of carbonyl (C=O) groups excluding carboxylic acids is 2. The lowest BCUT2D eigenvalue weighted by atomic mass is 9.95. The van der Waals surface area contributed by atoms with E-state index in [1.807, 2.05) is 6.07 Å². The SMILES string of the molecule is O=C(Nc1ncc(Cc2cccc(F)c2)s1)C1CCN(C(=O)c2ccoc2)CC1. The molecule has 0 saturated carbocycles. The molecule has 29 heavy (non-hydrogen) atoms. The lowest BCUT2D eigenvalue weighted by molar-refractivity contribution is -0.121. The highest BCUT2D eigenvalue weighted by molar-refractivity contribution is 7.15. The van der Waals surface area contributed by atoms with E-state index in [0.717, 1.165) is 10.4 Å². The predicted octanol–water partition coefficient (Wildman–Crippen LogP) is 3.96. The van der Waals surface area contributed by atoms with Crippen LogP contribution in [0.25, 0.3) is 0 Å². The van der Waals surface area contributed by atoms with Crippen molar-refractivity contribution < 1.29 is 18.4 Å². The van der Waals surface area contributed by atoms with Gasteiger partial charge in [0.1, 0.15) is 12.1 Å². The molecule has 4 rings (SSSR count). The van der Waals surface area contributed by atoms with Crippen molar-refractivity contribution >= 4 is 28.3 Å². The average Bonchev–Trinajstić information content (AvgIpc) is 3.40. The van der Waals surface area contributed by atoms with Crippen LogP contribution in [0.5, 0.6) is 0 Å². The van der Waals surface area contributed by atoms with E-state index < -0.39 is 0 Å². The van der Waals surface area contributed by atoms with E-state index in [1.54, 1.807) is 23.2 Å². The van der Waals surface area contributed by atoms with Crippen molar-refractivity contribution in [2.24, 2.45) is 5.92 Å². The van der Waals surface area contributed by atoms with Crippen LogP contribution in [0.4, 0.5) is 9.52 Å². The van der Waals surface area contributed by atoms with Gasteiger partial charge < -0.3 is 14.6 Å². The Labute approximate surface area is 171 Å². The van der Waals surface area contributed by atoms with E-state index in [1.165, 1.54) is 36.0 Å². The van der Waals surface area contributed by atoms with Gasteiger partial charge in [0.2, 0.25) is 5.91 Å². The van der Waals surface area contributed by atoms with Crippen LogP contribution in [0.1, 0.15) is 33.6 Å². The quantitative estimate of drug-likeness (QED) is 0.687. The molecule has 1 fully saturated rings. The fourth-order valence-corrected chi connectivity index (χ4v) is 4.27. The summed E-state index contributed by atoms with van der Waals surface area (Å²) in [5.41, 5.74) is 1.39. The van der Waals surface area contributed by atoms with E-state index in [-0.39, 0.29) is 23.5 Å². The molecule has 6 nitrogen and oxygen atoms in total. The highest BCUT2D eigenvalue weighted by Crippen LogP contribution is 2.25. The highest BCUT2D eigenvalue weighted by Gasteiger charge is 2.28. The Bertz CT molecular complexity index is 994.